The first-order valence-electron chi connectivity index (χ1n) is 11.2. The number of ether oxygens (including phenoxy) is 1. The van der Waals surface area contributed by atoms with Gasteiger partial charge in [-0.05, 0) is 55.5 Å². The Kier molecular flexibility index (Phi) is 7.38. The van der Waals surface area contributed by atoms with Gasteiger partial charge in [-0.2, -0.15) is 4.31 Å². The summed E-state index contributed by atoms with van der Waals surface area (Å²) in [6.45, 7) is 0.0225. The second-order valence-corrected chi connectivity index (χ2v) is 10.8. The lowest BCUT2D eigenvalue weighted by molar-refractivity contribution is 0.116. The third kappa shape index (κ3) is 5.27. The normalized spacial score (nSPS) is 22.5. The minimum atomic E-state index is -3.81. The summed E-state index contributed by atoms with van der Waals surface area (Å²) in [5.41, 5.74) is 0.930. The van der Waals surface area contributed by atoms with Gasteiger partial charge in [-0.25, -0.2) is 13.2 Å². The van der Waals surface area contributed by atoms with E-state index >= 15 is 0 Å². The molecular formula is C24H29ClN2O4S. The van der Waals surface area contributed by atoms with Crippen molar-refractivity contribution < 1.29 is 17.9 Å². The van der Waals surface area contributed by atoms with Gasteiger partial charge in [0.1, 0.15) is 6.61 Å². The van der Waals surface area contributed by atoms with Gasteiger partial charge in [0.05, 0.1) is 17.0 Å². The fraction of sp³-hybridized carbons (Fsp3) is 0.458. The highest BCUT2D eigenvalue weighted by atomic mass is 35.5. The third-order valence-electron chi connectivity index (χ3n) is 6.35. The predicted molar refractivity (Wildman–Crippen MR) is 124 cm³/mol. The van der Waals surface area contributed by atoms with Crippen molar-refractivity contribution in [3.05, 3.63) is 65.2 Å². The van der Waals surface area contributed by atoms with Crippen LogP contribution in [0.4, 0.5) is 4.79 Å². The molecule has 1 aliphatic heterocycles. The Labute approximate surface area is 195 Å². The molecule has 2 aromatic carbocycles. The van der Waals surface area contributed by atoms with E-state index in [4.69, 9.17) is 16.3 Å². The van der Waals surface area contributed by atoms with E-state index in [1.807, 2.05) is 30.3 Å². The zero-order valence-electron chi connectivity index (χ0n) is 18.0. The van der Waals surface area contributed by atoms with Gasteiger partial charge in [0.2, 0.25) is 10.0 Å². The first-order chi connectivity index (χ1) is 15.4. The number of alkyl carbamates (subject to hydrolysis) is 1. The maximum Gasteiger partial charge on any atom is 0.407 e. The smallest absolute Gasteiger partial charge is 0.407 e. The number of amides is 1. The van der Waals surface area contributed by atoms with Crippen LogP contribution in [0.2, 0.25) is 5.02 Å². The van der Waals surface area contributed by atoms with Gasteiger partial charge in [-0.15, -0.1) is 0 Å². The highest BCUT2D eigenvalue weighted by Gasteiger charge is 2.43. The third-order valence-corrected chi connectivity index (χ3v) is 8.58. The summed E-state index contributed by atoms with van der Waals surface area (Å²) in [6, 6.07) is 15.2. The zero-order valence-corrected chi connectivity index (χ0v) is 19.5. The summed E-state index contributed by atoms with van der Waals surface area (Å²) in [6.07, 6.45) is 6.16. The van der Waals surface area contributed by atoms with E-state index in [1.165, 1.54) is 22.9 Å². The SMILES string of the molecule is O=C(NC1CCCCC1)OC[C@H]1CCC(c2ccccc2)N1S(=O)(=O)c1ccc(Cl)cc1. The molecule has 0 radical (unpaired) electrons. The molecule has 0 bridgehead atoms. The number of hydrogen-bond acceptors (Lipinski definition) is 4. The molecule has 1 saturated carbocycles. The van der Waals surface area contributed by atoms with E-state index in [1.54, 1.807) is 12.1 Å². The fourth-order valence-electron chi connectivity index (χ4n) is 4.72. The molecule has 2 fully saturated rings. The minimum Gasteiger partial charge on any atom is -0.448 e. The van der Waals surface area contributed by atoms with Crippen LogP contribution in [0.25, 0.3) is 0 Å². The summed E-state index contributed by atoms with van der Waals surface area (Å²) in [5.74, 6) is 0. The molecule has 8 heteroatoms. The molecule has 1 unspecified atom stereocenters. The van der Waals surface area contributed by atoms with Crippen LogP contribution in [0.3, 0.4) is 0 Å². The summed E-state index contributed by atoms with van der Waals surface area (Å²) in [5, 5.41) is 3.41. The summed E-state index contributed by atoms with van der Waals surface area (Å²) >= 11 is 5.97. The summed E-state index contributed by atoms with van der Waals surface area (Å²) in [7, 11) is -3.81. The standard InChI is InChI=1S/C24H29ClN2O4S/c25-19-11-14-22(15-12-19)32(29,30)27-21(13-16-23(27)18-7-3-1-4-8-18)17-31-24(28)26-20-9-5-2-6-10-20/h1,3-4,7-8,11-12,14-15,20-21,23H,2,5-6,9-10,13,16-17H2,(H,26,28)/t21-,23?/m1/s1. The van der Waals surface area contributed by atoms with Crippen LogP contribution in [0.1, 0.15) is 56.6 Å². The van der Waals surface area contributed by atoms with Gasteiger partial charge in [0, 0.05) is 11.1 Å². The van der Waals surface area contributed by atoms with Crippen molar-refractivity contribution in [2.24, 2.45) is 0 Å². The topological polar surface area (TPSA) is 75.7 Å². The van der Waals surface area contributed by atoms with Gasteiger partial charge in [-0.3, -0.25) is 0 Å². The van der Waals surface area contributed by atoms with E-state index in [9.17, 15) is 13.2 Å². The number of nitrogens with one attached hydrogen (secondary N) is 1. The monoisotopic (exact) mass is 476 g/mol. The number of halogens is 1. The number of carbonyl (C=O) groups excluding carboxylic acids is 1. The largest absolute Gasteiger partial charge is 0.448 e. The molecule has 1 saturated heterocycles. The van der Waals surface area contributed by atoms with Crippen LogP contribution in [-0.2, 0) is 14.8 Å². The molecule has 172 valence electrons. The lowest BCUT2D eigenvalue weighted by Crippen LogP contribution is -2.42. The first-order valence-corrected chi connectivity index (χ1v) is 13.0. The Morgan fingerprint density at radius 2 is 1.66 bits per heavy atom. The molecule has 0 spiro atoms. The average Bonchev–Trinajstić information content (AvgIpc) is 3.24. The molecule has 1 aliphatic carbocycles. The maximum atomic E-state index is 13.6. The van der Waals surface area contributed by atoms with Gasteiger partial charge >= 0.3 is 6.09 Å². The predicted octanol–water partition coefficient (Wildman–Crippen LogP) is 5.29. The molecule has 4 rings (SSSR count). The van der Waals surface area contributed by atoms with Crippen LogP contribution >= 0.6 is 11.6 Å². The Hall–Kier alpha value is -2.09. The van der Waals surface area contributed by atoms with Gasteiger partial charge in [0.25, 0.3) is 0 Å². The quantitative estimate of drug-likeness (QED) is 0.614. The maximum absolute atomic E-state index is 13.6. The van der Waals surface area contributed by atoms with Gasteiger partial charge < -0.3 is 10.1 Å². The fourth-order valence-corrected chi connectivity index (χ4v) is 6.69. The van der Waals surface area contributed by atoms with E-state index in [0.29, 0.717) is 17.9 Å². The number of rotatable bonds is 6. The highest BCUT2D eigenvalue weighted by molar-refractivity contribution is 7.89. The lowest BCUT2D eigenvalue weighted by atomic mass is 9.96. The Bertz CT molecular complexity index is 1010. The van der Waals surface area contributed by atoms with Crippen LogP contribution in [0.15, 0.2) is 59.5 Å². The van der Waals surface area contributed by atoms with Crippen molar-refractivity contribution in [3.63, 3.8) is 0 Å². The highest BCUT2D eigenvalue weighted by Crippen LogP contribution is 2.40. The molecule has 2 atom stereocenters. The Balaban J connectivity index is 1.52. The van der Waals surface area contributed by atoms with Crippen LogP contribution in [-0.4, -0.2) is 37.5 Å². The summed E-state index contributed by atoms with van der Waals surface area (Å²) < 4.78 is 34.3. The van der Waals surface area contributed by atoms with E-state index < -0.39 is 22.2 Å². The zero-order chi connectivity index (χ0) is 22.6. The second-order valence-electron chi connectivity index (χ2n) is 8.52. The van der Waals surface area contributed by atoms with E-state index in [-0.39, 0.29) is 23.6 Å². The molecule has 1 N–H and O–H groups in total. The number of sulfonamides is 1. The molecule has 0 aromatic heterocycles. The molecule has 6 nitrogen and oxygen atoms in total. The number of benzene rings is 2. The van der Waals surface area contributed by atoms with Crippen molar-refractivity contribution in [1.29, 1.82) is 0 Å². The average molecular weight is 477 g/mol. The van der Waals surface area contributed by atoms with E-state index in [0.717, 1.165) is 31.2 Å². The molecule has 2 aromatic rings. The molecule has 2 aliphatic rings. The van der Waals surface area contributed by atoms with Crippen molar-refractivity contribution in [3.8, 4) is 0 Å². The molecular weight excluding hydrogens is 448 g/mol. The molecule has 1 amide bonds. The van der Waals surface area contributed by atoms with Crippen molar-refractivity contribution in [2.45, 2.75) is 68.0 Å². The first kappa shape index (κ1) is 23.1. The Morgan fingerprint density at radius 1 is 0.969 bits per heavy atom. The number of nitrogens with zero attached hydrogens (tertiary/aromatic N) is 1. The lowest BCUT2D eigenvalue weighted by Gasteiger charge is -2.30. The van der Waals surface area contributed by atoms with Crippen LogP contribution in [0, 0.1) is 0 Å². The van der Waals surface area contributed by atoms with E-state index in [2.05, 4.69) is 5.32 Å². The second kappa shape index (κ2) is 10.2. The van der Waals surface area contributed by atoms with Crippen molar-refractivity contribution >= 4 is 27.7 Å². The van der Waals surface area contributed by atoms with Crippen LogP contribution in [0.5, 0.6) is 0 Å². The summed E-state index contributed by atoms with van der Waals surface area (Å²) in [4.78, 5) is 12.5. The molecule has 1 heterocycles. The van der Waals surface area contributed by atoms with Gasteiger partial charge in [-0.1, -0.05) is 61.2 Å². The minimum absolute atomic E-state index is 0.0225. The van der Waals surface area contributed by atoms with Crippen molar-refractivity contribution in [2.75, 3.05) is 6.61 Å². The Morgan fingerprint density at radius 3 is 2.34 bits per heavy atom. The van der Waals surface area contributed by atoms with Crippen LogP contribution < -0.4 is 5.32 Å². The molecule has 32 heavy (non-hydrogen) atoms. The number of carbonyl (C=O) groups is 1. The number of hydrogen-bond donors (Lipinski definition) is 1. The van der Waals surface area contributed by atoms with Gasteiger partial charge in [0.15, 0.2) is 0 Å². The van der Waals surface area contributed by atoms with Crippen molar-refractivity contribution in [1.82, 2.24) is 9.62 Å².